The molecule has 3 heterocycles. The lowest BCUT2D eigenvalue weighted by Crippen LogP contribution is -2.28. The van der Waals surface area contributed by atoms with Crippen molar-refractivity contribution in [2.75, 3.05) is 11.9 Å². The maximum absolute atomic E-state index is 12.3. The van der Waals surface area contributed by atoms with Gasteiger partial charge in [0.25, 0.3) is 0 Å². The molecule has 0 radical (unpaired) electrons. The summed E-state index contributed by atoms with van der Waals surface area (Å²) in [6, 6.07) is 13.8. The molecule has 6 nitrogen and oxygen atoms in total. The molecule has 0 aliphatic carbocycles. The molecule has 1 aromatic carbocycles. The van der Waals surface area contributed by atoms with Crippen LogP contribution in [0.2, 0.25) is 0 Å². The number of rotatable bonds is 5. The van der Waals surface area contributed by atoms with Crippen molar-refractivity contribution < 1.29 is 4.79 Å². The van der Waals surface area contributed by atoms with Gasteiger partial charge in [-0.15, -0.1) is 0 Å². The number of benzene rings is 1. The number of aryl methyl sites for hydroxylation is 1. The Balaban J connectivity index is 1.37. The van der Waals surface area contributed by atoms with Crippen LogP contribution in [0.1, 0.15) is 17.8 Å². The van der Waals surface area contributed by atoms with Gasteiger partial charge in [-0.1, -0.05) is 18.2 Å². The first-order valence-electron chi connectivity index (χ1n) is 8.84. The number of anilines is 1. The third kappa shape index (κ3) is 3.81. The van der Waals surface area contributed by atoms with Gasteiger partial charge in [-0.2, -0.15) is 5.10 Å². The van der Waals surface area contributed by atoms with E-state index in [0.29, 0.717) is 12.8 Å². The number of hydrogen-bond donors (Lipinski definition) is 2. The Kier molecular flexibility index (Phi) is 4.75. The topological polar surface area (TPSA) is 71.8 Å². The van der Waals surface area contributed by atoms with E-state index in [-0.39, 0.29) is 5.91 Å². The van der Waals surface area contributed by atoms with Gasteiger partial charge in [0.2, 0.25) is 5.91 Å². The number of amides is 1. The van der Waals surface area contributed by atoms with Gasteiger partial charge >= 0.3 is 0 Å². The SMILES string of the molecule is O=C(CCc1cc2n(n1)CCNC2)Nc1cccc(-c2cccnc2)c1. The van der Waals surface area contributed by atoms with Gasteiger partial charge in [-0.3, -0.25) is 14.5 Å². The summed E-state index contributed by atoms with van der Waals surface area (Å²) in [5.41, 5.74) is 5.02. The van der Waals surface area contributed by atoms with Gasteiger partial charge in [-0.05, 0) is 29.8 Å². The van der Waals surface area contributed by atoms with Crippen molar-refractivity contribution in [2.24, 2.45) is 0 Å². The second-order valence-electron chi connectivity index (χ2n) is 6.40. The van der Waals surface area contributed by atoms with Crippen molar-refractivity contribution in [1.29, 1.82) is 0 Å². The Morgan fingerprint density at radius 1 is 1.19 bits per heavy atom. The molecule has 0 bridgehead atoms. The molecule has 132 valence electrons. The van der Waals surface area contributed by atoms with Gasteiger partial charge in [0, 0.05) is 49.6 Å². The summed E-state index contributed by atoms with van der Waals surface area (Å²) >= 11 is 0. The number of hydrogen-bond acceptors (Lipinski definition) is 4. The van der Waals surface area contributed by atoms with Crippen molar-refractivity contribution in [3.63, 3.8) is 0 Å². The fourth-order valence-electron chi connectivity index (χ4n) is 3.15. The minimum Gasteiger partial charge on any atom is -0.326 e. The zero-order chi connectivity index (χ0) is 17.8. The molecule has 1 aliphatic rings. The van der Waals surface area contributed by atoms with E-state index in [9.17, 15) is 4.79 Å². The first-order valence-corrected chi connectivity index (χ1v) is 8.84. The largest absolute Gasteiger partial charge is 0.326 e. The van der Waals surface area contributed by atoms with E-state index in [0.717, 1.165) is 42.1 Å². The van der Waals surface area contributed by atoms with Gasteiger partial charge in [0.05, 0.1) is 17.9 Å². The molecule has 2 N–H and O–H groups in total. The second kappa shape index (κ2) is 7.49. The van der Waals surface area contributed by atoms with Crippen LogP contribution in [-0.4, -0.2) is 27.2 Å². The van der Waals surface area contributed by atoms with E-state index in [1.165, 1.54) is 5.69 Å². The maximum Gasteiger partial charge on any atom is 0.224 e. The fourth-order valence-corrected chi connectivity index (χ4v) is 3.15. The smallest absolute Gasteiger partial charge is 0.224 e. The zero-order valence-electron chi connectivity index (χ0n) is 14.5. The first kappa shape index (κ1) is 16.5. The van der Waals surface area contributed by atoms with Gasteiger partial charge in [0.15, 0.2) is 0 Å². The Morgan fingerprint density at radius 3 is 2.96 bits per heavy atom. The number of pyridine rings is 1. The zero-order valence-corrected chi connectivity index (χ0v) is 14.5. The summed E-state index contributed by atoms with van der Waals surface area (Å²) in [5, 5.41) is 10.9. The van der Waals surface area contributed by atoms with Crippen LogP contribution in [0.5, 0.6) is 0 Å². The summed E-state index contributed by atoms with van der Waals surface area (Å²) in [5.74, 6) is -0.00238. The molecular formula is C20H21N5O. The van der Waals surface area contributed by atoms with Crippen molar-refractivity contribution >= 4 is 11.6 Å². The Morgan fingerprint density at radius 2 is 2.12 bits per heavy atom. The number of fused-ring (bicyclic) bond motifs is 1. The third-order valence-corrected chi connectivity index (χ3v) is 4.47. The van der Waals surface area contributed by atoms with Crippen LogP contribution in [0.25, 0.3) is 11.1 Å². The molecule has 0 fully saturated rings. The molecule has 0 saturated heterocycles. The Bertz CT molecular complexity index is 880. The number of nitrogens with one attached hydrogen (secondary N) is 2. The minimum atomic E-state index is -0.00238. The van der Waals surface area contributed by atoms with Gasteiger partial charge in [0.1, 0.15) is 0 Å². The monoisotopic (exact) mass is 347 g/mol. The molecule has 6 heteroatoms. The van der Waals surface area contributed by atoms with E-state index >= 15 is 0 Å². The Labute approximate surface area is 152 Å². The van der Waals surface area contributed by atoms with E-state index in [1.807, 2.05) is 47.3 Å². The molecule has 0 atom stereocenters. The molecule has 2 aromatic heterocycles. The molecule has 0 saturated carbocycles. The normalized spacial score (nSPS) is 13.2. The van der Waals surface area contributed by atoms with Crippen LogP contribution >= 0.6 is 0 Å². The number of aromatic nitrogens is 3. The predicted molar refractivity (Wildman–Crippen MR) is 101 cm³/mol. The van der Waals surface area contributed by atoms with E-state index < -0.39 is 0 Å². The van der Waals surface area contributed by atoms with Crippen LogP contribution in [-0.2, 0) is 24.3 Å². The molecular weight excluding hydrogens is 326 g/mol. The van der Waals surface area contributed by atoms with E-state index in [1.54, 1.807) is 6.20 Å². The highest BCUT2D eigenvalue weighted by molar-refractivity contribution is 5.91. The second-order valence-corrected chi connectivity index (χ2v) is 6.40. The fraction of sp³-hybridized carbons (Fsp3) is 0.250. The molecule has 3 aromatic rings. The predicted octanol–water partition coefficient (Wildman–Crippen LogP) is 2.62. The van der Waals surface area contributed by atoms with Crippen LogP contribution in [0.3, 0.4) is 0 Å². The number of nitrogens with zero attached hydrogens (tertiary/aromatic N) is 3. The van der Waals surface area contributed by atoms with Crippen LogP contribution in [0, 0.1) is 0 Å². The average molecular weight is 347 g/mol. The van der Waals surface area contributed by atoms with E-state index in [2.05, 4.69) is 26.8 Å². The molecule has 1 amide bonds. The number of carbonyl (C=O) groups is 1. The highest BCUT2D eigenvalue weighted by atomic mass is 16.1. The van der Waals surface area contributed by atoms with Crippen molar-refractivity contribution in [3.05, 3.63) is 66.2 Å². The average Bonchev–Trinajstić information content (AvgIpc) is 3.10. The highest BCUT2D eigenvalue weighted by Crippen LogP contribution is 2.21. The van der Waals surface area contributed by atoms with Crippen LogP contribution in [0.4, 0.5) is 5.69 Å². The summed E-state index contributed by atoms with van der Waals surface area (Å²) in [7, 11) is 0. The van der Waals surface area contributed by atoms with Crippen LogP contribution < -0.4 is 10.6 Å². The van der Waals surface area contributed by atoms with E-state index in [4.69, 9.17) is 0 Å². The molecule has 4 rings (SSSR count). The number of carbonyl (C=O) groups excluding carboxylic acids is 1. The van der Waals surface area contributed by atoms with Crippen molar-refractivity contribution in [1.82, 2.24) is 20.1 Å². The lowest BCUT2D eigenvalue weighted by atomic mass is 10.1. The molecule has 0 unspecified atom stereocenters. The van der Waals surface area contributed by atoms with Crippen molar-refractivity contribution in [3.8, 4) is 11.1 Å². The summed E-state index contributed by atoms with van der Waals surface area (Å²) < 4.78 is 2.03. The highest BCUT2D eigenvalue weighted by Gasteiger charge is 2.12. The van der Waals surface area contributed by atoms with Gasteiger partial charge in [-0.25, -0.2) is 0 Å². The minimum absolute atomic E-state index is 0.00238. The summed E-state index contributed by atoms with van der Waals surface area (Å²) in [6.45, 7) is 2.69. The lowest BCUT2D eigenvalue weighted by molar-refractivity contribution is -0.116. The lowest BCUT2D eigenvalue weighted by Gasteiger charge is -2.13. The van der Waals surface area contributed by atoms with Crippen molar-refractivity contribution in [2.45, 2.75) is 25.9 Å². The molecule has 0 spiro atoms. The maximum atomic E-state index is 12.3. The molecule has 1 aliphatic heterocycles. The summed E-state index contributed by atoms with van der Waals surface area (Å²) in [4.78, 5) is 16.4. The van der Waals surface area contributed by atoms with Crippen LogP contribution in [0.15, 0.2) is 54.9 Å². The Hall–Kier alpha value is -2.99. The third-order valence-electron chi connectivity index (χ3n) is 4.47. The van der Waals surface area contributed by atoms with Gasteiger partial charge < -0.3 is 10.6 Å². The standard InChI is InChI=1S/C20H21N5O/c26-20(7-6-18-12-19-14-22-9-10-25(19)24-18)23-17-5-1-3-15(11-17)16-4-2-8-21-13-16/h1-5,8,11-13,22H,6-7,9-10,14H2,(H,23,26). The summed E-state index contributed by atoms with van der Waals surface area (Å²) in [6.07, 6.45) is 4.63. The quantitative estimate of drug-likeness (QED) is 0.744. The molecule has 26 heavy (non-hydrogen) atoms. The first-order chi connectivity index (χ1) is 12.8.